The maximum atomic E-state index is 12.1. The van der Waals surface area contributed by atoms with Crippen LogP contribution in [0, 0.1) is 5.92 Å². The van der Waals surface area contributed by atoms with Crippen LogP contribution in [-0.2, 0) is 4.79 Å². The summed E-state index contributed by atoms with van der Waals surface area (Å²) in [4.78, 5) is 14.7. The summed E-state index contributed by atoms with van der Waals surface area (Å²) >= 11 is 0. The third kappa shape index (κ3) is 2.40. The molecule has 0 amide bonds. The number of ketones is 1. The molecule has 2 fully saturated rings. The van der Waals surface area contributed by atoms with Gasteiger partial charge >= 0.3 is 0 Å². The van der Waals surface area contributed by atoms with Crippen molar-refractivity contribution >= 4 is 5.78 Å². The Morgan fingerprint density at radius 3 is 2.72 bits per heavy atom. The van der Waals surface area contributed by atoms with Gasteiger partial charge in [0, 0.05) is 24.4 Å². The fourth-order valence-corrected chi connectivity index (χ4v) is 4.14. The summed E-state index contributed by atoms with van der Waals surface area (Å²) in [5, 5.41) is 0. The highest BCUT2D eigenvalue weighted by Crippen LogP contribution is 2.35. The van der Waals surface area contributed by atoms with E-state index in [1.54, 1.807) is 0 Å². The van der Waals surface area contributed by atoms with E-state index < -0.39 is 0 Å². The highest BCUT2D eigenvalue weighted by Gasteiger charge is 2.38. The van der Waals surface area contributed by atoms with Crippen LogP contribution in [0.4, 0.5) is 0 Å². The molecule has 1 heterocycles. The summed E-state index contributed by atoms with van der Waals surface area (Å²) in [6, 6.07) is 1.18. The molecule has 2 nitrogen and oxygen atoms in total. The van der Waals surface area contributed by atoms with E-state index in [-0.39, 0.29) is 0 Å². The van der Waals surface area contributed by atoms with Gasteiger partial charge in [0.15, 0.2) is 0 Å². The largest absolute Gasteiger partial charge is 0.299 e. The molecule has 1 saturated carbocycles. The predicted octanol–water partition coefficient (Wildman–Crippen LogP) is 3.32. The number of nitrogens with zero attached hydrogens (tertiary/aromatic N) is 1. The average Bonchev–Trinajstić information content (AvgIpc) is 2.86. The maximum absolute atomic E-state index is 12.1. The molecule has 0 N–H and O–H groups in total. The molecular weight excluding hydrogens is 222 g/mol. The highest BCUT2D eigenvalue weighted by molar-refractivity contribution is 5.83. The Morgan fingerprint density at radius 1 is 1.06 bits per heavy atom. The zero-order valence-corrected chi connectivity index (χ0v) is 11.3. The van der Waals surface area contributed by atoms with E-state index in [0.717, 1.165) is 19.3 Å². The summed E-state index contributed by atoms with van der Waals surface area (Å²) in [6.45, 7) is 1.21. The molecule has 3 atom stereocenters. The van der Waals surface area contributed by atoms with Crippen molar-refractivity contribution < 1.29 is 4.79 Å². The van der Waals surface area contributed by atoms with Crippen molar-refractivity contribution in [1.82, 2.24) is 4.90 Å². The molecule has 1 saturated heterocycles. The zero-order valence-electron chi connectivity index (χ0n) is 11.3. The number of piperidine rings is 1. The quantitative estimate of drug-likeness (QED) is 0.698. The van der Waals surface area contributed by atoms with Crippen molar-refractivity contribution in [2.24, 2.45) is 5.92 Å². The van der Waals surface area contributed by atoms with Gasteiger partial charge in [-0.1, -0.05) is 18.6 Å². The summed E-state index contributed by atoms with van der Waals surface area (Å²) in [6.07, 6.45) is 15.6. The molecule has 0 aromatic carbocycles. The normalized spacial score (nSPS) is 38.2. The molecule has 2 aliphatic carbocycles. The number of rotatable bonds is 2. The molecule has 3 unspecified atom stereocenters. The van der Waals surface area contributed by atoms with E-state index in [2.05, 4.69) is 17.1 Å². The maximum Gasteiger partial charge on any atom is 0.137 e. The standard InChI is InChI=1S/C16H25NO/c18-16-11-6-9-14(16)15-10-4-5-12-17(15)13-7-2-1-3-8-13/h2,7,13-15H,1,3-6,8-12H2. The molecule has 100 valence electrons. The number of carbonyl (C=O) groups excluding carboxylic acids is 1. The number of allylic oxidation sites excluding steroid dienone is 1. The van der Waals surface area contributed by atoms with Crippen molar-refractivity contribution in [3.8, 4) is 0 Å². The molecule has 0 aromatic heterocycles. The summed E-state index contributed by atoms with van der Waals surface area (Å²) in [5.74, 6) is 0.910. The summed E-state index contributed by atoms with van der Waals surface area (Å²) in [5.41, 5.74) is 0. The van der Waals surface area contributed by atoms with Crippen molar-refractivity contribution in [1.29, 1.82) is 0 Å². The summed E-state index contributed by atoms with van der Waals surface area (Å²) < 4.78 is 0. The lowest BCUT2D eigenvalue weighted by Crippen LogP contribution is -2.50. The zero-order chi connectivity index (χ0) is 12.4. The minimum atomic E-state index is 0.362. The van der Waals surface area contributed by atoms with Crippen LogP contribution in [0.1, 0.15) is 57.8 Å². The first-order chi connectivity index (χ1) is 8.86. The fraction of sp³-hybridized carbons (Fsp3) is 0.812. The molecular formula is C16H25NO. The molecule has 0 bridgehead atoms. The van der Waals surface area contributed by atoms with E-state index in [4.69, 9.17) is 0 Å². The minimum Gasteiger partial charge on any atom is -0.299 e. The Labute approximate surface area is 110 Å². The molecule has 1 aliphatic heterocycles. The second-order valence-electron chi connectivity index (χ2n) is 6.19. The topological polar surface area (TPSA) is 20.3 Å². The monoisotopic (exact) mass is 247 g/mol. The molecule has 3 aliphatic rings. The van der Waals surface area contributed by atoms with E-state index in [0.29, 0.717) is 23.8 Å². The second-order valence-corrected chi connectivity index (χ2v) is 6.19. The van der Waals surface area contributed by atoms with Crippen LogP contribution in [0.3, 0.4) is 0 Å². The second kappa shape index (κ2) is 5.56. The van der Waals surface area contributed by atoms with E-state index in [1.165, 1.54) is 45.1 Å². The molecule has 0 spiro atoms. The van der Waals surface area contributed by atoms with E-state index in [1.807, 2.05) is 0 Å². The minimum absolute atomic E-state index is 0.362. The van der Waals surface area contributed by atoms with Crippen LogP contribution in [0.2, 0.25) is 0 Å². The van der Waals surface area contributed by atoms with Crippen LogP contribution in [0.5, 0.6) is 0 Å². The van der Waals surface area contributed by atoms with Crippen LogP contribution in [0.15, 0.2) is 12.2 Å². The average molecular weight is 247 g/mol. The van der Waals surface area contributed by atoms with Gasteiger partial charge in [-0.05, 0) is 51.5 Å². The Morgan fingerprint density at radius 2 is 2.00 bits per heavy atom. The number of carbonyl (C=O) groups is 1. The smallest absolute Gasteiger partial charge is 0.137 e. The number of likely N-dealkylation sites (tertiary alicyclic amines) is 1. The van der Waals surface area contributed by atoms with Gasteiger partial charge in [-0.2, -0.15) is 0 Å². The van der Waals surface area contributed by atoms with Crippen LogP contribution < -0.4 is 0 Å². The fourth-order valence-electron chi connectivity index (χ4n) is 4.14. The van der Waals surface area contributed by atoms with Gasteiger partial charge in [-0.15, -0.1) is 0 Å². The lowest BCUT2D eigenvalue weighted by Gasteiger charge is -2.43. The number of hydrogen-bond acceptors (Lipinski definition) is 2. The van der Waals surface area contributed by atoms with Gasteiger partial charge in [-0.25, -0.2) is 0 Å². The molecule has 3 rings (SSSR count). The Hall–Kier alpha value is -0.630. The number of Topliss-reactive ketones (excluding diaryl/α,β-unsaturated/α-hetero) is 1. The predicted molar refractivity (Wildman–Crippen MR) is 73.5 cm³/mol. The Kier molecular flexibility index (Phi) is 3.83. The van der Waals surface area contributed by atoms with E-state index >= 15 is 0 Å². The lowest BCUT2D eigenvalue weighted by atomic mass is 9.86. The molecule has 18 heavy (non-hydrogen) atoms. The van der Waals surface area contributed by atoms with Crippen molar-refractivity contribution in [2.45, 2.75) is 69.9 Å². The van der Waals surface area contributed by atoms with Gasteiger partial charge in [-0.3, -0.25) is 9.69 Å². The van der Waals surface area contributed by atoms with Gasteiger partial charge in [0.2, 0.25) is 0 Å². The van der Waals surface area contributed by atoms with Crippen LogP contribution in [-0.4, -0.2) is 29.3 Å². The Balaban J connectivity index is 1.74. The van der Waals surface area contributed by atoms with Crippen molar-refractivity contribution in [2.75, 3.05) is 6.54 Å². The van der Waals surface area contributed by atoms with Gasteiger partial charge < -0.3 is 0 Å². The van der Waals surface area contributed by atoms with Gasteiger partial charge in [0.05, 0.1) is 0 Å². The van der Waals surface area contributed by atoms with Gasteiger partial charge in [0.1, 0.15) is 5.78 Å². The molecule has 2 heteroatoms. The SMILES string of the molecule is O=C1CCCC1C1CCCCN1C1C=CCCC1. The first kappa shape index (κ1) is 12.4. The first-order valence-electron chi connectivity index (χ1n) is 7.81. The van der Waals surface area contributed by atoms with Gasteiger partial charge in [0.25, 0.3) is 0 Å². The molecule has 0 radical (unpaired) electrons. The number of hydrogen-bond donors (Lipinski definition) is 0. The third-order valence-corrected chi connectivity index (χ3v) is 5.06. The highest BCUT2D eigenvalue weighted by atomic mass is 16.1. The third-order valence-electron chi connectivity index (χ3n) is 5.06. The first-order valence-corrected chi connectivity index (χ1v) is 7.81. The van der Waals surface area contributed by atoms with Crippen LogP contribution >= 0.6 is 0 Å². The summed E-state index contributed by atoms with van der Waals surface area (Å²) in [7, 11) is 0. The van der Waals surface area contributed by atoms with Crippen molar-refractivity contribution in [3.05, 3.63) is 12.2 Å². The van der Waals surface area contributed by atoms with Crippen LogP contribution in [0.25, 0.3) is 0 Å². The lowest BCUT2D eigenvalue weighted by molar-refractivity contribution is -0.123. The van der Waals surface area contributed by atoms with Crippen molar-refractivity contribution in [3.63, 3.8) is 0 Å². The Bertz CT molecular complexity index is 336. The molecule has 0 aromatic rings. The van der Waals surface area contributed by atoms with E-state index in [9.17, 15) is 4.79 Å².